The number of hydrogen-bond donors (Lipinski definition) is 0. The van der Waals surface area contributed by atoms with E-state index in [0.717, 1.165) is 9.77 Å². The summed E-state index contributed by atoms with van der Waals surface area (Å²) in [5.41, 5.74) is 2.15. The first-order valence-corrected chi connectivity index (χ1v) is 7.88. The topological polar surface area (TPSA) is 34.1 Å². The van der Waals surface area contributed by atoms with Crippen molar-refractivity contribution < 1.29 is 9.59 Å². The Kier molecular flexibility index (Phi) is 4.22. The number of hydrogen-bond acceptors (Lipinski definition) is 4. The van der Waals surface area contributed by atoms with Crippen LogP contribution in [-0.2, 0) is 0 Å². The monoisotopic (exact) mass is 290 g/mol. The van der Waals surface area contributed by atoms with Crippen molar-refractivity contribution in [3.63, 3.8) is 0 Å². The molecule has 0 aliphatic heterocycles. The number of carbonyl (C=O) groups is 2. The van der Waals surface area contributed by atoms with Crippen molar-refractivity contribution in [3.8, 4) is 0 Å². The van der Waals surface area contributed by atoms with Gasteiger partial charge in [-0.25, -0.2) is 0 Å². The van der Waals surface area contributed by atoms with Crippen LogP contribution in [0.4, 0.5) is 0 Å². The normalized spacial score (nSPS) is 10.5. The first kappa shape index (κ1) is 14.0. The second kappa shape index (κ2) is 5.72. The van der Waals surface area contributed by atoms with Crippen LogP contribution in [0.15, 0.2) is 34.5 Å². The number of benzene rings is 1. The maximum absolute atomic E-state index is 12.5. The first-order valence-electron chi connectivity index (χ1n) is 5.84. The van der Waals surface area contributed by atoms with Crippen molar-refractivity contribution in [3.05, 3.63) is 51.9 Å². The lowest BCUT2D eigenvalue weighted by Gasteiger charge is -2.00. The zero-order valence-electron chi connectivity index (χ0n) is 11.0. The Morgan fingerprint density at radius 3 is 2.26 bits per heavy atom. The minimum absolute atomic E-state index is 0.00843. The molecule has 0 unspecified atom stereocenters. The molecule has 0 aliphatic rings. The zero-order chi connectivity index (χ0) is 14.0. The van der Waals surface area contributed by atoms with Gasteiger partial charge in [0, 0.05) is 11.1 Å². The summed E-state index contributed by atoms with van der Waals surface area (Å²) in [7, 11) is 0. The van der Waals surface area contributed by atoms with E-state index in [-0.39, 0.29) is 11.6 Å². The van der Waals surface area contributed by atoms with Gasteiger partial charge in [0.15, 0.2) is 5.78 Å². The van der Waals surface area contributed by atoms with Gasteiger partial charge in [-0.1, -0.05) is 30.3 Å². The van der Waals surface area contributed by atoms with Crippen molar-refractivity contribution in [2.24, 2.45) is 0 Å². The van der Waals surface area contributed by atoms with Gasteiger partial charge in [-0.2, -0.15) is 0 Å². The highest BCUT2D eigenvalue weighted by atomic mass is 32.2. The van der Waals surface area contributed by atoms with Crippen LogP contribution in [0.3, 0.4) is 0 Å². The smallest absolute Gasteiger partial charge is 0.203 e. The lowest BCUT2D eigenvalue weighted by atomic mass is 10.0. The summed E-state index contributed by atoms with van der Waals surface area (Å²) in [6, 6.07) is 9.17. The average Bonchev–Trinajstić information content (AvgIpc) is 2.76. The van der Waals surface area contributed by atoms with Crippen LogP contribution in [0.25, 0.3) is 0 Å². The Bertz CT molecular complexity index is 627. The van der Waals surface area contributed by atoms with E-state index in [0.29, 0.717) is 16.0 Å². The molecule has 0 saturated heterocycles. The molecule has 2 aromatic rings. The molecule has 1 heterocycles. The minimum Gasteiger partial charge on any atom is -0.294 e. The second-order valence-corrected chi connectivity index (χ2v) is 6.27. The summed E-state index contributed by atoms with van der Waals surface area (Å²) in [5.74, 6) is 0.0103. The molecule has 0 fully saturated rings. The van der Waals surface area contributed by atoms with E-state index < -0.39 is 0 Å². The van der Waals surface area contributed by atoms with Gasteiger partial charge in [-0.05, 0) is 25.7 Å². The maximum atomic E-state index is 12.5. The van der Waals surface area contributed by atoms with Gasteiger partial charge in [0.1, 0.15) is 0 Å². The predicted molar refractivity (Wildman–Crippen MR) is 80.7 cm³/mol. The highest BCUT2D eigenvalue weighted by Gasteiger charge is 2.22. The van der Waals surface area contributed by atoms with E-state index in [1.54, 1.807) is 19.1 Å². The fraction of sp³-hybridized carbons (Fsp3) is 0.200. The van der Waals surface area contributed by atoms with E-state index >= 15 is 0 Å². The van der Waals surface area contributed by atoms with Crippen LogP contribution < -0.4 is 0 Å². The lowest BCUT2D eigenvalue weighted by Crippen LogP contribution is -2.02. The van der Waals surface area contributed by atoms with Crippen molar-refractivity contribution in [1.82, 2.24) is 0 Å². The van der Waals surface area contributed by atoms with E-state index in [4.69, 9.17) is 0 Å². The van der Waals surface area contributed by atoms with Crippen LogP contribution >= 0.6 is 23.1 Å². The second-order valence-electron chi connectivity index (χ2n) is 4.17. The van der Waals surface area contributed by atoms with Gasteiger partial charge in [0.05, 0.1) is 9.09 Å². The molecule has 0 saturated carbocycles. The Balaban J connectivity index is 2.53. The molecule has 0 radical (unpaired) electrons. The summed E-state index contributed by atoms with van der Waals surface area (Å²) in [4.78, 5) is 24.8. The van der Waals surface area contributed by atoms with Gasteiger partial charge >= 0.3 is 0 Å². The van der Waals surface area contributed by atoms with Crippen LogP contribution in [0.1, 0.15) is 38.1 Å². The molecule has 0 N–H and O–H groups in total. The molecule has 0 spiro atoms. The number of rotatable bonds is 4. The number of ketones is 2. The molecule has 0 bridgehead atoms. The molecule has 2 nitrogen and oxygen atoms in total. The van der Waals surface area contributed by atoms with Crippen molar-refractivity contribution >= 4 is 34.7 Å². The Labute approximate surface area is 120 Å². The summed E-state index contributed by atoms with van der Waals surface area (Å²) < 4.78 is 0.921. The highest BCUT2D eigenvalue weighted by molar-refractivity contribution is 8.00. The van der Waals surface area contributed by atoms with Crippen molar-refractivity contribution in [2.45, 2.75) is 18.1 Å². The van der Waals surface area contributed by atoms with Crippen LogP contribution in [0.2, 0.25) is 0 Å². The number of Topliss-reactive ketones (excluding diaryl/α,β-unsaturated/α-hetero) is 1. The molecular formula is C15H14O2S2. The SMILES string of the molecule is CSc1sc(C(=O)c2ccccc2)c(C)c1C(C)=O. The Morgan fingerprint density at radius 2 is 1.79 bits per heavy atom. The Morgan fingerprint density at radius 1 is 1.16 bits per heavy atom. The minimum atomic E-state index is -0.00843. The fourth-order valence-electron chi connectivity index (χ4n) is 1.98. The summed E-state index contributed by atoms with van der Waals surface area (Å²) in [5, 5.41) is 0. The lowest BCUT2D eigenvalue weighted by molar-refractivity contribution is 0.101. The van der Waals surface area contributed by atoms with Gasteiger partial charge in [0.25, 0.3) is 0 Å². The van der Waals surface area contributed by atoms with Crippen LogP contribution in [0, 0.1) is 6.92 Å². The largest absolute Gasteiger partial charge is 0.294 e. The van der Waals surface area contributed by atoms with Crippen LogP contribution in [0.5, 0.6) is 0 Å². The van der Waals surface area contributed by atoms with E-state index in [1.165, 1.54) is 23.1 Å². The average molecular weight is 290 g/mol. The first-order chi connectivity index (χ1) is 9.06. The molecular weight excluding hydrogens is 276 g/mol. The van der Waals surface area contributed by atoms with E-state index in [1.807, 2.05) is 31.4 Å². The number of thiophene rings is 1. The van der Waals surface area contributed by atoms with E-state index in [9.17, 15) is 9.59 Å². The molecule has 19 heavy (non-hydrogen) atoms. The third-order valence-corrected chi connectivity index (χ3v) is 5.30. The summed E-state index contributed by atoms with van der Waals surface area (Å²) in [6.45, 7) is 3.40. The molecule has 1 aromatic heterocycles. The molecule has 2 rings (SSSR count). The zero-order valence-corrected chi connectivity index (χ0v) is 12.7. The molecule has 0 aliphatic carbocycles. The van der Waals surface area contributed by atoms with Gasteiger partial charge in [-0.3, -0.25) is 9.59 Å². The van der Waals surface area contributed by atoms with Gasteiger partial charge in [0.2, 0.25) is 5.78 Å². The number of carbonyl (C=O) groups excluding carboxylic acids is 2. The van der Waals surface area contributed by atoms with Gasteiger partial charge in [-0.15, -0.1) is 23.1 Å². The molecule has 0 amide bonds. The summed E-state index contributed by atoms with van der Waals surface area (Å²) >= 11 is 2.93. The van der Waals surface area contributed by atoms with Gasteiger partial charge < -0.3 is 0 Å². The molecule has 4 heteroatoms. The predicted octanol–water partition coefficient (Wildman–Crippen LogP) is 4.21. The highest BCUT2D eigenvalue weighted by Crippen LogP contribution is 2.36. The molecule has 98 valence electrons. The van der Waals surface area contributed by atoms with Crippen molar-refractivity contribution in [2.75, 3.05) is 6.26 Å². The fourth-order valence-corrected chi connectivity index (χ4v) is 4.11. The molecule has 1 aromatic carbocycles. The van der Waals surface area contributed by atoms with Crippen molar-refractivity contribution in [1.29, 1.82) is 0 Å². The summed E-state index contributed by atoms with van der Waals surface area (Å²) in [6.07, 6.45) is 1.93. The standard InChI is InChI=1S/C15H14O2S2/c1-9-12(10(2)16)15(18-3)19-14(9)13(17)11-7-5-4-6-8-11/h4-8H,1-3H3. The molecule has 0 atom stereocenters. The third-order valence-electron chi connectivity index (χ3n) is 2.89. The maximum Gasteiger partial charge on any atom is 0.203 e. The van der Waals surface area contributed by atoms with Crippen LogP contribution in [-0.4, -0.2) is 17.8 Å². The van der Waals surface area contributed by atoms with E-state index in [2.05, 4.69) is 0 Å². The third kappa shape index (κ3) is 2.65. The Hall–Kier alpha value is -1.39. The quantitative estimate of drug-likeness (QED) is 0.625. The number of thioether (sulfide) groups is 1.